The number of anilines is 2. The maximum atomic E-state index is 12.0. The second-order valence-corrected chi connectivity index (χ2v) is 6.34. The molecular weight excluding hydrogens is 320 g/mol. The van der Waals surface area contributed by atoms with Crippen LogP contribution in [0.5, 0.6) is 5.75 Å². The molecule has 0 atom stereocenters. The van der Waals surface area contributed by atoms with Gasteiger partial charge >= 0.3 is 6.03 Å². The molecular formula is C18H28N4O3. The van der Waals surface area contributed by atoms with Crippen molar-refractivity contribution in [3.8, 4) is 5.75 Å². The molecule has 1 aromatic rings. The molecule has 1 aromatic carbocycles. The van der Waals surface area contributed by atoms with Gasteiger partial charge in [-0.05, 0) is 31.4 Å². The lowest BCUT2D eigenvalue weighted by molar-refractivity contribution is -0.116. The number of carbonyl (C=O) groups is 2. The van der Waals surface area contributed by atoms with Crippen molar-refractivity contribution in [2.45, 2.75) is 51.0 Å². The quantitative estimate of drug-likeness (QED) is 0.449. The van der Waals surface area contributed by atoms with Crippen LogP contribution in [0.15, 0.2) is 18.2 Å². The second kappa shape index (κ2) is 9.76. The van der Waals surface area contributed by atoms with Gasteiger partial charge in [-0.2, -0.15) is 0 Å². The van der Waals surface area contributed by atoms with Crippen molar-refractivity contribution in [3.63, 3.8) is 0 Å². The molecule has 0 saturated heterocycles. The molecule has 1 fully saturated rings. The number of methoxy groups -OCH3 is 1. The van der Waals surface area contributed by atoms with Crippen molar-refractivity contribution >= 4 is 23.3 Å². The monoisotopic (exact) mass is 348 g/mol. The summed E-state index contributed by atoms with van der Waals surface area (Å²) >= 11 is 0. The van der Waals surface area contributed by atoms with E-state index in [4.69, 9.17) is 10.5 Å². The molecule has 7 nitrogen and oxygen atoms in total. The number of ether oxygens (including phenoxy) is 1. The zero-order valence-corrected chi connectivity index (χ0v) is 14.8. The third-order valence-electron chi connectivity index (χ3n) is 4.34. The van der Waals surface area contributed by atoms with Crippen LogP contribution in [-0.4, -0.2) is 31.6 Å². The van der Waals surface area contributed by atoms with Crippen LogP contribution in [0.4, 0.5) is 16.2 Å². The third kappa shape index (κ3) is 6.52. The van der Waals surface area contributed by atoms with Crippen LogP contribution in [-0.2, 0) is 4.79 Å². The molecule has 0 radical (unpaired) electrons. The van der Waals surface area contributed by atoms with E-state index in [2.05, 4.69) is 16.0 Å². The van der Waals surface area contributed by atoms with Crippen LogP contribution < -0.4 is 26.4 Å². The fraction of sp³-hybridized carbons (Fsp3) is 0.556. The van der Waals surface area contributed by atoms with Crippen LogP contribution in [0.25, 0.3) is 0 Å². The molecule has 0 aliphatic heterocycles. The number of amides is 3. The average molecular weight is 348 g/mol. The molecule has 1 saturated carbocycles. The molecule has 0 spiro atoms. The second-order valence-electron chi connectivity index (χ2n) is 6.34. The Hall–Kier alpha value is -2.44. The minimum absolute atomic E-state index is 0.144. The molecule has 0 aromatic heterocycles. The maximum Gasteiger partial charge on any atom is 0.315 e. The molecule has 1 aliphatic rings. The molecule has 25 heavy (non-hydrogen) atoms. The predicted molar refractivity (Wildman–Crippen MR) is 98.7 cm³/mol. The van der Waals surface area contributed by atoms with E-state index in [0.29, 0.717) is 36.5 Å². The molecule has 5 N–H and O–H groups in total. The summed E-state index contributed by atoms with van der Waals surface area (Å²) in [4.78, 5) is 23.8. The molecule has 0 bridgehead atoms. The highest BCUT2D eigenvalue weighted by Gasteiger charge is 2.15. The Bertz CT molecular complexity index is 586. The fourth-order valence-corrected chi connectivity index (χ4v) is 2.92. The van der Waals surface area contributed by atoms with E-state index >= 15 is 0 Å². The van der Waals surface area contributed by atoms with Gasteiger partial charge in [0.1, 0.15) is 5.75 Å². The van der Waals surface area contributed by atoms with Gasteiger partial charge < -0.3 is 26.4 Å². The van der Waals surface area contributed by atoms with Crippen molar-refractivity contribution in [2.24, 2.45) is 0 Å². The van der Waals surface area contributed by atoms with Crippen molar-refractivity contribution in [1.29, 1.82) is 0 Å². The zero-order chi connectivity index (χ0) is 18.1. The summed E-state index contributed by atoms with van der Waals surface area (Å²) in [6.07, 6.45) is 6.59. The molecule has 7 heteroatoms. The highest BCUT2D eigenvalue weighted by atomic mass is 16.5. The van der Waals surface area contributed by atoms with Crippen LogP contribution in [0.2, 0.25) is 0 Å². The highest BCUT2D eigenvalue weighted by molar-refractivity contribution is 5.94. The summed E-state index contributed by atoms with van der Waals surface area (Å²) in [7, 11) is 1.56. The van der Waals surface area contributed by atoms with Gasteiger partial charge in [0.05, 0.1) is 18.5 Å². The largest absolute Gasteiger partial charge is 0.497 e. The SMILES string of the molecule is COc1ccc(N)c(NC(=O)CCCNC(=O)NC2CCCCC2)c1. The fourth-order valence-electron chi connectivity index (χ4n) is 2.92. The molecule has 0 heterocycles. The van der Waals surface area contributed by atoms with Crippen LogP contribution in [0.3, 0.4) is 0 Å². The normalized spacial score (nSPS) is 14.6. The summed E-state index contributed by atoms with van der Waals surface area (Å²) in [5, 5.41) is 8.56. The standard InChI is InChI=1S/C18H28N4O3/c1-25-14-9-10-15(19)16(12-14)22-17(23)8-5-11-20-18(24)21-13-6-3-2-4-7-13/h9-10,12-13H,2-8,11,19H2,1H3,(H,22,23)(H2,20,21,24). The summed E-state index contributed by atoms with van der Waals surface area (Å²) in [5.41, 5.74) is 6.86. The van der Waals surface area contributed by atoms with Gasteiger partial charge in [0.25, 0.3) is 0 Å². The lowest BCUT2D eigenvalue weighted by Gasteiger charge is -2.22. The number of hydrogen-bond donors (Lipinski definition) is 4. The van der Waals surface area contributed by atoms with Gasteiger partial charge in [-0.15, -0.1) is 0 Å². The zero-order valence-electron chi connectivity index (χ0n) is 14.8. The average Bonchev–Trinajstić information content (AvgIpc) is 2.61. The summed E-state index contributed by atoms with van der Waals surface area (Å²) in [5.74, 6) is 0.486. The molecule has 2 rings (SSSR count). The number of carbonyl (C=O) groups excluding carboxylic acids is 2. The van der Waals surface area contributed by atoms with E-state index in [1.807, 2.05) is 0 Å². The number of nitrogens with two attached hydrogens (primary N) is 1. The van der Waals surface area contributed by atoms with Gasteiger partial charge in [0.2, 0.25) is 5.91 Å². The smallest absolute Gasteiger partial charge is 0.315 e. The van der Waals surface area contributed by atoms with Gasteiger partial charge in [-0.25, -0.2) is 4.79 Å². The Balaban J connectivity index is 1.64. The van der Waals surface area contributed by atoms with E-state index in [0.717, 1.165) is 12.8 Å². The van der Waals surface area contributed by atoms with E-state index in [-0.39, 0.29) is 18.0 Å². The Morgan fingerprint density at radius 2 is 2.00 bits per heavy atom. The van der Waals surface area contributed by atoms with E-state index in [1.165, 1.54) is 19.3 Å². The lowest BCUT2D eigenvalue weighted by atomic mass is 9.96. The third-order valence-corrected chi connectivity index (χ3v) is 4.34. The number of nitrogens with one attached hydrogen (secondary N) is 3. The highest BCUT2D eigenvalue weighted by Crippen LogP contribution is 2.24. The first-order valence-electron chi connectivity index (χ1n) is 8.86. The van der Waals surface area contributed by atoms with Crippen molar-refractivity contribution < 1.29 is 14.3 Å². The molecule has 1 aliphatic carbocycles. The summed E-state index contributed by atoms with van der Waals surface area (Å²) in [6, 6.07) is 5.24. The molecule has 3 amide bonds. The first-order chi connectivity index (χ1) is 12.1. The minimum Gasteiger partial charge on any atom is -0.497 e. The number of rotatable bonds is 7. The number of nitrogen functional groups attached to an aromatic ring is 1. The topological polar surface area (TPSA) is 105 Å². The number of benzene rings is 1. The predicted octanol–water partition coefficient (Wildman–Crippen LogP) is 2.63. The van der Waals surface area contributed by atoms with Gasteiger partial charge in [-0.1, -0.05) is 19.3 Å². The summed E-state index contributed by atoms with van der Waals surface area (Å²) < 4.78 is 5.12. The molecule has 0 unspecified atom stereocenters. The first-order valence-corrected chi connectivity index (χ1v) is 8.86. The Morgan fingerprint density at radius 3 is 2.72 bits per heavy atom. The van der Waals surface area contributed by atoms with Crippen LogP contribution >= 0.6 is 0 Å². The van der Waals surface area contributed by atoms with E-state index < -0.39 is 0 Å². The summed E-state index contributed by atoms with van der Waals surface area (Å²) in [6.45, 7) is 0.458. The van der Waals surface area contributed by atoms with Crippen molar-refractivity contribution in [3.05, 3.63) is 18.2 Å². The van der Waals surface area contributed by atoms with Gasteiger partial charge in [0.15, 0.2) is 0 Å². The lowest BCUT2D eigenvalue weighted by Crippen LogP contribution is -2.43. The number of hydrogen-bond acceptors (Lipinski definition) is 4. The Morgan fingerprint density at radius 1 is 1.24 bits per heavy atom. The molecule has 138 valence electrons. The van der Waals surface area contributed by atoms with Gasteiger partial charge in [-0.3, -0.25) is 4.79 Å². The van der Waals surface area contributed by atoms with E-state index in [1.54, 1.807) is 25.3 Å². The Labute approximate surface area is 148 Å². The van der Waals surface area contributed by atoms with Gasteiger partial charge in [0, 0.05) is 25.1 Å². The Kier molecular flexibility index (Phi) is 7.37. The maximum absolute atomic E-state index is 12.0. The minimum atomic E-state index is -0.149. The number of urea groups is 1. The van der Waals surface area contributed by atoms with Crippen LogP contribution in [0.1, 0.15) is 44.9 Å². The van der Waals surface area contributed by atoms with Crippen molar-refractivity contribution in [2.75, 3.05) is 24.7 Å². The first kappa shape index (κ1) is 18.9. The van der Waals surface area contributed by atoms with Crippen LogP contribution in [0, 0.1) is 0 Å². The van der Waals surface area contributed by atoms with Crippen molar-refractivity contribution in [1.82, 2.24) is 10.6 Å². The van der Waals surface area contributed by atoms with E-state index in [9.17, 15) is 9.59 Å².